The van der Waals surface area contributed by atoms with E-state index >= 15 is 0 Å². The molecule has 1 aromatic heterocycles. The number of benzene rings is 2. The molecule has 0 unspecified atom stereocenters. The van der Waals surface area contributed by atoms with Gasteiger partial charge in [0.2, 0.25) is 0 Å². The van der Waals surface area contributed by atoms with Crippen molar-refractivity contribution in [1.82, 2.24) is 4.98 Å². The summed E-state index contributed by atoms with van der Waals surface area (Å²) in [5.41, 5.74) is 6.79. The Kier molecular flexibility index (Phi) is 7.86. The molecule has 0 amide bonds. The predicted molar refractivity (Wildman–Crippen MR) is 119 cm³/mol. The molecule has 3 aromatic rings. The zero-order chi connectivity index (χ0) is 17.5. The third-order valence-electron chi connectivity index (χ3n) is 3.36. The van der Waals surface area contributed by atoms with Crippen LogP contribution in [0.5, 0.6) is 11.5 Å². The lowest BCUT2D eigenvalue weighted by molar-refractivity contribution is 0.483. The van der Waals surface area contributed by atoms with Crippen molar-refractivity contribution in [2.45, 2.75) is 13.3 Å². The molecule has 136 valence electrons. The van der Waals surface area contributed by atoms with Crippen LogP contribution in [0.2, 0.25) is 0 Å². The van der Waals surface area contributed by atoms with E-state index in [9.17, 15) is 0 Å². The van der Waals surface area contributed by atoms with Gasteiger partial charge in [-0.15, -0.1) is 35.3 Å². The average Bonchev–Trinajstić information content (AvgIpc) is 3.01. The zero-order valence-corrected chi connectivity index (χ0v) is 17.5. The second kappa shape index (κ2) is 10.1. The second-order valence-corrected chi connectivity index (χ2v) is 6.77. The van der Waals surface area contributed by atoms with Gasteiger partial charge in [0.1, 0.15) is 11.5 Å². The number of aryl methyl sites for hydroxylation is 1. The van der Waals surface area contributed by atoms with Gasteiger partial charge in [0.15, 0.2) is 5.96 Å². The van der Waals surface area contributed by atoms with Crippen molar-refractivity contribution in [2.75, 3.05) is 11.9 Å². The first-order valence-electron chi connectivity index (χ1n) is 8.00. The normalized spacial score (nSPS) is 10.9. The SMILES string of the molecule is Cc1cnc(CCN=C(N)Nc2cccc(Oc3ccccc3)c2)s1.I. The van der Waals surface area contributed by atoms with Crippen molar-refractivity contribution in [3.63, 3.8) is 0 Å². The smallest absolute Gasteiger partial charge is 0.193 e. The molecule has 0 saturated heterocycles. The first-order valence-corrected chi connectivity index (χ1v) is 8.82. The summed E-state index contributed by atoms with van der Waals surface area (Å²) in [7, 11) is 0. The summed E-state index contributed by atoms with van der Waals surface area (Å²) in [6.07, 6.45) is 2.67. The van der Waals surface area contributed by atoms with Gasteiger partial charge in [0.05, 0.1) is 5.01 Å². The molecular formula is C19H21IN4OS. The Morgan fingerprint density at radius 2 is 1.92 bits per heavy atom. The standard InChI is InChI=1S/C19H20N4OS.HI/c1-14-13-22-18(25-14)10-11-21-19(20)23-15-6-5-9-17(12-15)24-16-7-3-2-4-8-16;/h2-9,12-13H,10-11H2,1H3,(H3,20,21,23);1H. The van der Waals surface area contributed by atoms with Crippen LogP contribution in [0, 0.1) is 6.92 Å². The molecule has 2 aromatic carbocycles. The summed E-state index contributed by atoms with van der Waals surface area (Å²) in [5.74, 6) is 1.91. The van der Waals surface area contributed by atoms with Crippen molar-refractivity contribution in [1.29, 1.82) is 0 Å². The highest BCUT2D eigenvalue weighted by molar-refractivity contribution is 14.0. The first-order chi connectivity index (χ1) is 12.2. The van der Waals surface area contributed by atoms with Crippen molar-refractivity contribution in [3.8, 4) is 11.5 Å². The van der Waals surface area contributed by atoms with Gasteiger partial charge in [-0.3, -0.25) is 4.99 Å². The van der Waals surface area contributed by atoms with Crippen molar-refractivity contribution < 1.29 is 4.74 Å². The van der Waals surface area contributed by atoms with Gasteiger partial charge in [-0.05, 0) is 31.2 Å². The van der Waals surface area contributed by atoms with Crippen molar-refractivity contribution in [2.24, 2.45) is 10.7 Å². The molecule has 26 heavy (non-hydrogen) atoms. The van der Waals surface area contributed by atoms with Gasteiger partial charge < -0.3 is 15.8 Å². The summed E-state index contributed by atoms with van der Waals surface area (Å²) in [6.45, 7) is 2.65. The minimum atomic E-state index is 0. The number of thiazole rings is 1. The number of nitrogens with one attached hydrogen (secondary N) is 1. The van der Waals surface area contributed by atoms with Crippen LogP contribution < -0.4 is 15.8 Å². The van der Waals surface area contributed by atoms with E-state index in [0.717, 1.165) is 28.6 Å². The number of ether oxygens (including phenoxy) is 1. The van der Waals surface area contributed by atoms with Gasteiger partial charge >= 0.3 is 0 Å². The number of guanidine groups is 1. The number of hydrogen-bond donors (Lipinski definition) is 2. The molecule has 3 N–H and O–H groups in total. The highest BCUT2D eigenvalue weighted by atomic mass is 127. The van der Waals surface area contributed by atoms with Crippen LogP contribution in [-0.4, -0.2) is 17.5 Å². The topological polar surface area (TPSA) is 72.5 Å². The van der Waals surface area contributed by atoms with Crippen LogP contribution >= 0.6 is 35.3 Å². The number of rotatable bonds is 6. The van der Waals surface area contributed by atoms with Crippen molar-refractivity contribution in [3.05, 3.63) is 70.7 Å². The van der Waals surface area contributed by atoms with E-state index < -0.39 is 0 Å². The number of aromatic nitrogens is 1. The van der Waals surface area contributed by atoms with Crippen LogP contribution in [-0.2, 0) is 6.42 Å². The highest BCUT2D eigenvalue weighted by Crippen LogP contribution is 2.23. The Hall–Kier alpha value is -2.13. The monoisotopic (exact) mass is 480 g/mol. The molecule has 0 fully saturated rings. The molecule has 0 saturated carbocycles. The molecule has 0 bridgehead atoms. The average molecular weight is 480 g/mol. The molecule has 0 atom stereocenters. The molecule has 7 heteroatoms. The van der Waals surface area contributed by atoms with Gasteiger partial charge in [-0.1, -0.05) is 24.3 Å². The van der Waals surface area contributed by atoms with E-state index in [1.165, 1.54) is 4.88 Å². The quantitative estimate of drug-likeness (QED) is 0.301. The van der Waals surface area contributed by atoms with Gasteiger partial charge in [0, 0.05) is 35.8 Å². The largest absolute Gasteiger partial charge is 0.457 e. The van der Waals surface area contributed by atoms with Crippen LogP contribution in [0.4, 0.5) is 5.69 Å². The van der Waals surface area contributed by atoms with Crippen LogP contribution in [0.1, 0.15) is 9.88 Å². The lowest BCUT2D eigenvalue weighted by Crippen LogP contribution is -2.23. The van der Waals surface area contributed by atoms with Crippen LogP contribution in [0.3, 0.4) is 0 Å². The Labute approximate surface area is 174 Å². The highest BCUT2D eigenvalue weighted by Gasteiger charge is 2.01. The van der Waals surface area contributed by atoms with Crippen LogP contribution in [0.25, 0.3) is 0 Å². The van der Waals surface area contributed by atoms with E-state index in [-0.39, 0.29) is 24.0 Å². The fourth-order valence-corrected chi connectivity index (χ4v) is 3.01. The Morgan fingerprint density at radius 1 is 1.15 bits per heavy atom. The summed E-state index contributed by atoms with van der Waals surface area (Å²) in [5, 5.41) is 4.17. The molecule has 3 rings (SSSR count). The Bertz CT molecular complexity index is 852. The molecule has 1 heterocycles. The van der Waals surface area contributed by atoms with Gasteiger partial charge in [-0.25, -0.2) is 4.98 Å². The van der Waals surface area contributed by atoms with Gasteiger partial charge in [0.25, 0.3) is 0 Å². The maximum Gasteiger partial charge on any atom is 0.193 e. The van der Waals surface area contributed by atoms with E-state index in [1.54, 1.807) is 11.3 Å². The minimum Gasteiger partial charge on any atom is -0.457 e. The van der Waals surface area contributed by atoms with E-state index in [4.69, 9.17) is 10.5 Å². The minimum absolute atomic E-state index is 0. The first kappa shape index (κ1) is 20.2. The number of nitrogens with zero attached hydrogens (tertiary/aromatic N) is 2. The Balaban J connectivity index is 0.00000243. The molecule has 5 nitrogen and oxygen atoms in total. The van der Waals surface area contributed by atoms with Gasteiger partial charge in [-0.2, -0.15) is 0 Å². The number of hydrogen-bond acceptors (Lipinski definition) is 4. The third-order valence-corrected chi connectivity index (χ3v) is 4.33. The molecule has 0 radical (unpaired) electrons. The molecular weight excluding hydrogens is 459 g/mol. The predicted octanol–water partition coefficient (Wildman–Crippen LogP) is 4.83. The maximum atomic E-state index is 5.96. The number of para-hydroxylation sites is 1. The Morgan fingerprint density at radius 3 is 2.65 bits per heavy atom. The molecule has 0 aliphatic heterocycles. The van der Waals surface area contributed by atoms with E-state index in [0.29, 0.717) is 12.5 Å². The lowest BCUT2D eigenvalue weighted by Gasteiger charge is -2.09. The van der Waals surface area contributed by atoms with Crippen LogP contribution in [0.15, 0.2) is 65.8 Å². The molecule has 0 aliphatic carbocycles. The summed E-state index contributed by atoms with van der Waals surface area (Å²) in [6, 6.07) is 17.3. The summed E-state index contributed by atoms with van der Waals surface area (Å²) >= 11 is 1.69. The molecule has 0 spiro atoms. The second-order valence-electron chi connectivity index (χ2n) is 5.45. The lowest BCUT2D eigenvalue weighted by atomic mass is 10.3. The fourth-order valence-electron chi connectivity index (χ4n) is 2.24. The number of nitrogens with two attached hydrogens (primary N) is 1. The summed E-state index contributed by atoms with van der Waals surface area (Å²) < 4.78 is 5.81. The third kappa shape index (κ3) is 6.30. The maximum absolute atomic E-state index is 5.96. The van der Waals surface area contributed by atoms with Crippen molar-refractivity contribution >= 4 is 47.0 Å². The molecule has 0 aliphatic rings. The fraction of sp³-hybridized carbons (Fsp3) is 0.158. The van der Waals surface area contributed by atoms with E-state index in [2.05, 4.69) is 15.3 Å². The number of halogens is 1. The number of anilines is 1. The van der Waals surface area contributed by atoms with E-state index in [1.807, 2.05) is 67.7 Å². The zero-order valence-electron chi connectivity index (χ0n) is 14.4. The summed E-state index contributed by atoms with van der Waals surface area (Å²) in [4.78, 5) is 9.88. The number of aliphatic imine (C=N–C) groups is 1.